The second kappa shape index (κ2) is 9.27. The van der Waals surface area contributed by atoms with Crippen LogP contribution in [0.15, 0.2) is 35.7 Å². The minimum Gasteiger partial charge on any atom is -0.465 e. The monoisotopic (exact) mass is 489 g/mol. The van der Waals surface area contributed by atoms with E-state index >= 15 is 0 Å². The van der Waals surface area contributed by atoms with Gasteiger partial charge in [-0.1, -0.05) is 0 Å². The number of carbonyl (C=O) groups excluding carboxylic acids is 2. The summed E-state index contributed by atoms with van der Waals surface area (Å²) in [4.78, 5) is 32.5. The zero-order valence-corrected chi connectivity index (χ0v) is 17.7. The molecule has 0 radical (unpaired) electrons. The van der Waals surface area contributed by atoms with E-state index in [9.17, 15) is 35.9 Å². The van der Waals surface area contributed by atoms with Crippen LogP contribution in [-0.2, 0) is 21.9 Å². The Morgan fingerprint density at radius 1 is 1.09 bits per heavy atom. The fourth-order valence-corrected chi connectivity index (χ4v) is 3.03. The average Bonchev–Trinajstić information content (AvgIpc) is 2.78. The largest absolute Gasteiger partial charge is 0.465 e. The Kier molecular flexibility index (Phi) is 6.79. The fraction of sp³-hybridized carbons (Fsp3) is 0.350. The first-order valence-corrected chi connectivity index (χ1v) is 9.74. The average molecular weight is 489 g/mol. The van der Waals surface area contributed by atoms with Crippen LogP contribution in [0.3, 0.4) is 0 Å². The van der Waals surface area contributed by atoms with E-state index in [4.69, 9.17) is 4.74 Å². The number of nitrogens with zero attached hydrogens (tertiary/aromatic N) is 4. The molecule has 2 heterocycles. The minimum absolute atomic E-state index is 0.0428. The van der Waals surface area contributed by atoms with Crippen molar-refractivity contribution in [2.45, 2.75) is 32.2 Å². The molecular formula is C20H17F6N5O3. The molecule has 1 aromatic heterocycles. The molecule has 0 saturated carbocycles. The standard InChI is InChI=1S/C20H17F6N5O3/c1-3-31-14(32)9-34-18(30-31)16-15(27-4-5-28-16)10(2)29-17(33)11-6-12(19(21,22)23)8-13(7-11)20(24,25)26/h4-8,10H,3,9H2,1-2H3,(H,29,33). The molecule has 1 atom stereocenters. The molecule has 34 heavy (non-hydrogen) atoms. The van der Waals surface area contributed by atoms with E-state index in [2.05, 4.69) is 20.4 Å². The van der Waals surface area contributed by atoms with E-state index in [0.29, 0.717) is 12.1 Å². The summed E-state index contributed by atoms with van der Waals surface area (Å²) in [6, 6.07) is -0.443. The number of rotatable bonds is 5. The van der Waals surface area contributed by atoms with E-state index in [-0.39, 0.29) is 36.5 Å². The first-order valence-electron chi connectivity index (χ1n) is 9.74. The summed E-state index contributed by atoms with van der Waals surface area (Å²) in [7, 11) is 0. The van der Waals surface area contributed by atoms with Crippen LogP contribution < -0.4 is 5.32 Å². The molecule has 0 spiro atoms. The molecular weight excluding hydrogens is 472 g/mol. The number of amides is 2. The summed E-state index contributed by atoms with van der Waals surface area (Å²) >= 11 is 0. The van der Waals surface area contributed by atoms with E-state index in [1.165, 1.54) is 19.3 Å². The molecule has 1 aliphatic rings. The van der Waals surface area contributed by atoms with Gasteiger partial charge in [-0.15, -0.1) is 5.10 Å². The van der Waals surface area contributed by atoms with Gasteiger partial charge in [0, 0.05) is 24.5 Å². The quantitative estimate of drug-likeness (QED) is 0.649. The van der Waals surface area contributed by atoms with Crippen LogP contribution in [0.1, 0.15) is 52.8 Å². The molecule has 1 unspecified atom stereocenters. The summed E-state index contributed by atoms with van der Waals surface area (Å²) < 4.78 is 83.9. The highest BCUT2D eigenvalue weighted by atomic mass is 19.4. The summed E-state index contributed by atoms with van der Waals surface area (Å²) in [6.07, 6.45) is -7.65. The lowest BCUT2D eigenvalue weighted by molar-refractivity contribution is -0.143. The van der Waals surface area contributed by atoms with Gasteiger partial charge in [0.1, 0.15) is 0 Å². The third kappa shape index (κ3) is 5.43. The van der Waals surface area contributed by atoms with Crippen molar-refractivity contribution in [3.8, 4) is 0 Å². The lowest BCUT2D eigenvalue weighted by Crippen LogP contribution is -2.37. The number of hydrazone groups is 1. The molecule has 1 N–H and O–H groups in total. The third-order valence-electron chi connectivity index (χ3n) is 4.67. The molecule has 1 aliphatic heterocycles. The van der Waals surface area contributed by atoms with Gasteiger partial charge < -0.3 is 10.1 Å². The van der Waals surface area contributed by atoms with Crippen molar-refractivity contribution in [1.82, 2.24) is 20.3 Å². The predicted octanol–water partition coefficient (Wildman–Crippen LogP) is 3.55. The number of alkyl halides is 6. The second-order valence-electron chi connectivity index (χ2n) is 7.08. The highest BCUT2D eigenvalue weighted by molar-refractivity contribution is 5.98. The Morgan fingerprint density at radius 3 is 2.24 bits per heavy atom. The number of aromatic nitrogens is 2. The minimum atomic E-state index is -5.10. The molecule has 8 nitrogen and oxygen atoms in total. The van der Waals surface area contributed by atoms with E-state index < -0.39 is 46.9 Å². The maximum absolute atomic E-state index is 13.1. The Labute approximate surface area is 188 Å². The van der Waals surface area contributed by atoms with Crippen LogP contribution in [0, 0.1) is 0 Å². The van der Waals surface area contributed by atoms with Crippen molar-refractivity contribution in [1.29, 1.82) is 0 Å². The van der Waals surface area contributed by atoms with Crippen LogP contribution in [0.25, 0.3) is 0 Å². The number of nitrogens with one attached hydrogen (secondary N) is 1. The van der Waals surface area contributed by atoms with Gasteiger partial charge in [0.25, 0.3) is 17.7 Å². The number of hydrogen-bond acceptors (Lipinski definition) is 6. The van der Waals surface area contributed by atoms with Gasteiger partial charge in [-0.3, -0.25) is 14.6 Å². The van der Waals surface area contributed by atoms with E-state index in [0.717, 1.165) is 5.01 Å². The molecule has 3 rings (SSSR count). The molecule has 0 bridgehead atoms. The molecule has 14 heteroatoms. The van der Waals surface area contributed by atoms with Gasteiger partial charge in [-0.2, -0.15) is 26.3 Å². The Balaban J connectivity index is 1.93. The first-order chi connectivity index (χ1) is 15.8. The van der Waals surface area contributed by atoms with Gasteiger partial charge in [-0.25, -0.2) is 9.99 Å². The lowest BCUT2D eigenvalue weighted by atomic mass is 10.0. The molecule has 0 fully saturated rings. The number of likely N-dealkylation sites (N-methyl/N-ethyl adjacent to an activating group) is 1. The van der Waals surface area contributed by atoms with Gasteiger partial charge in [-0.05, 0) is 32.0 Å². The number of hydrogen-bond donors (Lipinski definition) is 1. The molecule has 0 aliphatic carbocycles. The maximum Gasteiger partial charge on any atom is 0.416 e. The van der Waals surface area contributed by atoms with Crippen molar-refractivity contribution in [2.24, 2.45) is 5.10 Å². The summed E-state index contributed by atoms with van der Waals surface area (Å²) in [5.41, 5.74) is -3.96. The smallest absolute Gasteiger partial charge is 0.416 e. The van der Waals surface area contributed by atoms with Gasteiger partial charge in [0.05, 0.1) is 22.9 Å². The topological polar surface area (TPSA) is 96.8 Å². The third-order valence-corrected chi connectivity index (χ3v) is 4.67. The zero-order valence-electron chi connectivity index (χ0n) is 17.7. The normalized spacial score (nSPS) is 15.5. The first kappa shape index (κ1) is 24.9. The van der Waals surface area contributed by atoms with Crippen LogP contribution >= 0.6 is 0 Å². The maximum atomic E-state index is 13.1. The molecule has 2 amide bonds. The van der Waals surface area contributed by atoms with Crippen LogP contribution in [-0.4, -0.2) is 45.8 Å². The zero-order chi connectivity index (χ0) is 25.3. The SMILES string of the molecule is CCN1N=C(c2nccnc2C(C)NC(=O)c2cc(C(F)(F)F)cc(C(F)(F)F)c2)OCC1=O. The van der Waals surface area contributed by atoms with Crippen molar-refractivity contribution < 1.29 is 40.7 Å². The van der Waals surface area contributed by atoms with Crippen molar-refractivity contribution in [3.63, 3.8) is 0 Å². The van der Waals surface area contributed by atoms with Crippen molar-refractivity contribution in [2.75, 3.05) is 13.2 Å². The molecule has 2 aromatic rings. The number of ether oxygens (including phenoxy) is 1. The van der Waals surface area contributed by atoms with Crippen LogP contribution in [0.2, 0.25) is 0 Å². The Hall–Kier alpha value is -3.71. The molecule has 0 saturated heterocycles. The van der Waals surface area contributed by atoms with Crippen molar-refractivity contribution >= 4 is 17.7 Å². The Morgan fingerprint density at radius 2 is 1.68 bits per heavy atom. The summed E-state index contributed by atoms with van der Waals surface area (Å²) in [5.74, 6) is -1.68. The molecule has 182 valence electrons. The van der Waals surface area contributed by atoms with Gasteiger partial charge in [0.15, 0.2) is 12.3 Å². The van der Waals surface area contributed by atoms with Crippen LogP contribution in [0.4, 0.5) is 26.3 Å². The lowest BCUT2D eigenvalue weighted by Gasteiger charge is -2.23. The number of benzene rings is 1. The summed E-state index contributed by atoms with van der Waals surface area (Å²) in [5, 5.41) is 7.47. The Bertz CT molecular complexity index is 1100. The number of halogens is 6. The van der Waals surface area contributed by atoms with E-state index in [1.807, 2.05) is 0 Å². The van der Waals surface area contributed by atoms with Gasteiger partial charge in [0.2, 0.25) is 0 Å². The fourth-order valence-electron chi connectivity index (χ4n) is 3.03. The van der Waals surface area contributed by atoms with Crippen molar-refractivity contribution in [3.05, 3.63) is 58.7 Å². The highest BCUT2D eigenvalue weighted by Crippen LogP contribution is 2.36. The predicted molar refractivity (Wildman–Crippen MR) is 104 cm³/mol. The van der Waals surface area contributed by atoms with E-state index in [1.54, 1.807) is 6.92 Å². The van der Waals surface area contributed by atoms with Crippen LogP contribution in [0.5, 0.6) is 0 Å². The number of carbonyl (C=O) groups is 2. The highest BCUT2D eigenvalue weighted by Gasteiger charge is 2.37. The molecule has 1 aromatic carbocycles. The summed E-state index contributed by atoms with van der Waals surface area (Å²) in [6.45, 7) is 2.99. The second-order valence-corrected chi connectivity index (χ2v) is 7.08. The van der Waals surface area contributed by atoms with Gasteiger partial charge >= 0.3 is 12.4 Å².